The highest BCUT2D eigenvalue weighted by molar-refractivity contribution is 6.06. The Morgan fingerprint density at radius 2 is 1.74 bits per heavy atom. The van der Waals surface area contributed by atoms with Crippen molar-refractivity contribution in [2.24, 2.45) is 11.8 Å². The number of carbonyl (C=O) groups excluding carboxylic acids is 2. The number of hydrogen-bond donors (Lipinski definition) is 1. The summed E-state index contributed by atoms with van der Waals surface area (Å²) in [5.41, 5.74) is 2.86. The van der Waals surface area contributed by atoms with Gasteiger partial charge in [-0.25, -0.2) is 9.97 Å². The summed E-state index contributed by atoms with van der Waals surface area (Å²) >= 11 is 0. The van der Waals surface area contributed by atoms with E-state index in [0.29, 0.717) is 41.9 Å². The molecule has 5 heterocycles. The molecular weight excluding hydrogens is 432 g/mol. The number of para-hydroxylation sites is 1. The van der Waals surface area contributed by atoms with Crippen LogP contribution in [0.4, 0.5) is 0 Å². The molecule has 9 nitrogen and oxygen atoms in total. The molecule has 1 N–H and O–H groups in total. The van der Waals surface area contributed by atoms with Crippen LogP contribution in [0, 0.1) is 11.8 Å². The third-order valence-corrected chi connectivity index (χ3v) is 7.00. The molecule has 2 fully saturated rings. The molecule has 3 atom stereocenters. The Balaban J connectivity index is 1.23. The summed E-state index contributed by atoms with van der Waals surface area (Å²) in [5.74, 6) is -0.114. The number of amides is 2. The molecule has 0 radical (unpaired) electrons. The third-order valence-electron chi connectivity index (χ3n) is 7.00. The van der Waals surface area contributed by atoms with Gasteiger partial charge in [0, 0.05) is 61.6 Å². The van der Waals surface area contributed by atoms with Gasteiger partial charge in [-0.15, -0.1) is 0 Å². The summed E-state index contributed by atoms with van der Waals surface area (Å²) < 4.78 is 0. The van der Waals surface area contributed by atoms with Gasteiger partial charge in [-0.1, -0.05) is 18.2 Å². The van der Waals surface area contributed by atoms with Gasteiger partial charge in [0.15, 0.2) is 5.65 Å². The summed E-state index contributed by atoms with van der Waals surface area (Å²) in [4.78, 5) is 47.2. The maximum Gasteiger partial charge on any atom is 0.255 e. The molecule has 2 saturated heterocycles. The molecule has 34 heavy (non-hydrogen) atoms. The van der Waals surface area contributed by atoms with E-state index in [4.69, 9.17) is 0 Å². The van der Waals surface area contributed by atoms with E-state index >= 15 is 0 Å². The minimum absolute atomic E-state index is 0.0132. The Kier molecular flexibility index (Phi) is 4.91. The zero-order valence-corrected chi connectivity index (χ0v) is 18.3. The summed E-state index contributed by atoms with van der Waals surface area (Å²) in [6.07, 6.45) is 6.28. The fourth-order valence-corrected chi connectivity index (χ4v) is 5.37. The van der Waals surface area contributed by atoms with Crippen molar-refractivity contribution in [3.05, 3.63) is 72.3 Å². The Labute approximate surface area is 195 Å². The fourth-order valence-electron chi connectivity index (χ4n) is 5.37. The molecule has 170 valence electrons. The lowest BCUT2D eigenvalue weighted by atomic mass is 9.94. The molecule has 0 bridgehead atoms. The molecule has 0 spiro atoms. The van der Waals surface area contributed by atoms with Gasteiger partial charge in [-0.2, -0.15) is 0 Å². The van der Waals surface area contributed by atoms with Crippen LogP contribution < -0.4 is 0 Å². The van der Waals surface area contributed by atoms with E-state index in [-0.39, 0.29) is 36.3 Å². The van der Waals surface area contributed by atoms with E-state index in [9.17, 15) is 14.7 Å². The van der Waals surface area contributed by atoms with Gasteiger partial charge in [0.05, 0.1) is 29.3 Å². The first-order valence-electron chi connectivity index (χ1n) is 11.3. The van der Waals surface area contributed by atoms with E-state index in [1.165, 1.54) is 6.20 Å². The normalized spacial score (nSPS) is 21.9. The zero-order chi connectivity index (χ0) is 23.2. The van der Waals surface area contributed by atoms with Gasteiger partial charge in [-0.3, -0.25) is 19.6 Å². The lowest BCUT2D eigenvalue weighted by Gasteiger charge is -2.28. The molecule has 9 heteroatoms. The smallest absolute Gasteiger partial charge is 0.255 e. The number of rotatable bonds is 3. The zero-order valence-electron chi connectivity index (χ0n) is 18.3. The molecule has 0 aliphatic carbocycles. The number of carbonyl (C=O) groups is 2. The molecule has 2 aliphatic heterocycles. The van der Waals surface area contributed by atoms with Crippen LogP contribution >= 0.6 is 0 Å². The molecule has 2 aliphatic rings. The number of aromatic nitrogens is 4. The first-order chi connectivity index (χ1) is 16.6. The summed E-state index contributed by atoms with van der Waals surface area (Å²) in [7, 11) is 0. The van der Waals surface area contributed by atoms with Crippen molar-refractivity contribution in [1.82, 2.24) is 29.7 Å². The van der Waals surface area contributed by atoms with Crippen LogP contribution in [0.25, 0.3) is 22.1 Å². The number of nitrogens with zero attached hydrogens (tertiary/aromatic N) is 6. The van der Waals surface area contributed by atoms with Gasteiger partial charge in [0.25, 0.3) is 11.8 Å². The van der Waals surface area contributed by atoms with Gasteiger partial charge in [0.1, 0.15) is 5.52 Å². The van der Waals surface area contributed by atoms with Crippen LogP contribution in [0.5, 0.6) is 0 Å². The summed E-state index contributed by atoms with van der Waals surface area (Å²) in [5, 5.41) is 11.0. The summed E-state index contributed by atoms with van der Waals surface area (Å²) in [6, 6.07) is 10.7. The van der Waals surface area contributed by atoms with Gasteiger partial charge >= 0.3 is 0 Å². The number of benzene rings is 1. The number of aliphatic hydroxyl groups excluding tert-OH is 1. The standard InChI is InChI=1S/C25H22N6O3/c32-14-22-19-13-30(25(34)18-5-6-26-20-4-2-1-3-17(18)20)11-16(19)12-31(22)24(33)15-9-21-23(29-10-15)28-8-7-27-21/h1-10,16,19,22,32H,11-14H2. The van der Waals surface area contributed by atoms with Crippen LogP contribution in [0.15, 0.2) is 61.2 Å². The van der Waals surface area contributed by atoms with Gasteiger partial charge < -0.3 is 14.9 Å². The second-order valence-electron chi connectivity index (χ2n) is 8.84. The molecule has 3 unspecified atom stereocenters. The number of pyridine rings is 2. The minimum Gasteiger partial charge on any atom is -0.394 e. The van der Waals surface area contributed by atoms with E-state index in [2.05, 4.69) is 19.9 Å². The highest BCUT2D eigenvalue weighted by atomic mass is 16.3. The number of aliphatic hydroxyl groups is 1. The van der Waals surface area contributed by atoms with Crippen LogP contribution in [0.1, 0.15) is 20.7 Å². The number of hydrogen-bond acceptors (Lipinski definition) is 7. The van der Waals surface area contributed by atoms with Crippen LogP contribution in [0.3, 0.4) is 0 Å². The van der Waals surface area contributed by atoms with Crippen molar-refractivity contribution < 1.29 is 14.7 Å². The van der Waals surface area contributed by atoms with E-state index < -0.39 is 0 Å². The topological polar surface area (TPSA) is 112 Å². The Hall–Kier alpha value is -3.98. The quantitative estimate of drug-likeness (QED) is 0.502. The molecule has 1 aromatic carbocycles. The lowest BCUT2D eigenvalue weighted by molar-refractivity contribution is 0.0604. The molecule has 0 saturated carbocycles. The lowest BCUT2D eigenvalue weighted by Crippen LogP contribution is -2.43. The van der Waals surface area contributed by atoms with Crippen LogP contribution in [-0.2, 0) is 0 Å². The van der Waals surface area contributed by atoms with Crippen LogP contribution in [-0.4, -0.2) is 78.9 Å². The number of likely N-dealkylation sites (tertiary alicyclic amines) is 2. The summed E-state index contributed by atoms with van der Waals surface area (Å²) in [6.45, 7) is 1.36. The maximum absolute atomic E-state index is 13.4. The molecular formula is C25H22N6O3. The van der Waals surface area contributed by atoms with Crippen molar-refractivity contribution in [2.45, 2.75) is 6.04 Å². The van der Waals surface area contributed by atoms with Crippen LogP contribution in [0.2, 0.25) is 0 Å². The molecule has 4 aromatic rings. The van der Waals surface area contributed by atoms with Crippen molar-refractivity contribution in [3.8, 4) is 0 Å². The average Bonchev–Trinajstić information content (AvgIpc) is 3.45. The van der Waals surface area contributed by atoms with E-state index in [0.717, 1.165) is 10.9 Å². The van der Waals surface area contributed by atoms with Crippen molar-refractivity contribution in [3.63, 3.8) is 0 Å². The predicted molar refractivity (Wildman–Crippen MR) is 124 cm³/mol. The minimum atomic E-state index is -0.359. The average molecular weight is 454 g/mol. The van der Waals surface area contributed by atoms with Crippen molar-refractivity contribution in [2.75, 3.05) is 26.2 Å². The molecule has 3 aromatic heterocycles. The van der Waals surface area contributed by atoms with Crippen molar-refractivity contribution in [1.29, 1.82) is 0 Å². The number of fused-ring (bicyclic) bond motifs is 3. The van der Waals surface area contributed by atoms with Crippen molar-refractivity contribution >= 4 is 33.9 Å². The highest BCUT2D eigenvalue weighted by Gasteiger charge is 2.49. The Morgan fingerprint density at radius 3 is 2.62 bits per heavy atom. The Morgan fingerprint density at radius 1 is 0.912 bits per heavy atom. The fraction of sp³-hybridized carbons (Fsp3) is 0.280. The second kappa shape index (κ2) is 8.11. The SMILES string of the molecule is O=C(c1ccnc2ccccc12)N1CC2CN(C(=O)c3cnc4nccnc4c3)C(CO)C2C1. The van der Waals surface area contributed by atoms with E-state index in [1.807, 2.05) is 29.2 Å². The Bertz CT molecular complexity index is 1420. The maximum atomic E-state index is 13.4. The van der Waals surface area contributed by atoms with Gasteiger partial charge in [0.2, 0.25) is 0 Å². The molecule has 6 rings (SSSR count). The van der Waals surface area contributed by atoms with E-state index in [1.54, 1.807) is 35.6 Å². The predicted octanol–water partition coefficient (Wildman–Crippen LogP) is 1.78. The third kappa shape index (κ3) is 3.28. The second-order valence-corrected chi connectivity index (χ2v) is 8.84. The monoisotopic (exact) mass is 454 g/mol. The van der Waals surface area contributed by atoms with Gasteiger partial charge in [-0.05, 0) is 18.2 Å². The highest BCUT2D eigenvalue weighted by Crippen LogP contribution is 2.38. The largest absolute Gasteiger partial charge is 0.394 e. The molecule has 2 amide bonds. The first-order valence-corrected chi connectivity index (χ1v) is 11.3. The first kappa shape index (κ1) is 20.6.